The predicted octanol–water partition coefficient (Wildman–Crippen LogP) is 1.80. The van der Waals surface area contributed by atoms with Crippen LogP contribution in [0, 0.1) is 5.92 Å². The number of rotatable bonds is 5. The lowest BCUT2D eigenvalue weighted by molar-refractivity contribution is -0.365. The second-order valence-electron chi connectivity index (χ2n) is 6.68. The Morgan fingerprint density at radius 1 is 1.43 bits per heavy atom. The average molecular weight is 328 g/mol. The molecule has 6 atom stereocenters. The standard InChI is InChI=1S/C17H28O6/c1-6-7-8-12-9-17(19,15(18)20-4)10-13-14(12)22-11(2)16(3,21-5)23-13/h6,11-14,19H,1,7-10H2,2-5H3/t11-,12-,13+,14+,16-,17-/m0/s1. The van der Waals surface area contributed by atoms with Gasteiger partial charge in [0.1, 0.15) is 6.10 Å². The van der Waals surface area contributed by atoms with Gasteiger partial charge in [-0.2, -0.15) is 0 Å². The van der Waals surface area contributed by atoms with Crippen molar-refractivity contribution >= 4 is 5.97 Å². The average Bonchev–Trinajstić information content (AvgIpc) is 2.53. The molecule has 0 spiro atoms. The Morgan fingerprint density at radius 2 is 2.13 bits per heavy atom. The predicted molar refractivity (Wildman–Crippen MR) is 83.7 cm³/mol. The number of ether oxygens (including phenoxy) is 4. The van der Waals surface area contributed by atoms with E-state index in [4.69, 9.17) is 18.9 Å². The van der Waals surface area contributed by atoms with Gasteiger partial charge < -0.3 is 24.1 Å². The maximum absolute atomic E-state index is 12.1. The molecule has 1 N–H and O–H groups in total. The molecule has 2 rings (SSSR count). The number of aliphatic hydroxyl groups is 1. The summed E-state index contributed by atoms with van der Waals surface area (Å²) in [6.07, 6.45) is 2.96. The van der Waals surface area contributed by atoms with E-state index in [2.05, 4.69) is 6.58 Å². The minimum atomic E-state index is -1.56. The van der Waals surface area contributed by atoms with Gasteiger partial charge in [0.15, 0.2) is 11.4 Å². The summed E-state index contributed by atoms with van der Waals surface area (Å²) < 4.78 is 22.5. The fourth-order valence-corrected chi connectivity index (χ4v) is 3.62. The van der Waals surface area contributed by atoms with Crippen LogP contribution in [0.4, 0.5) is 0 Å². The zero-order valence-electron chi connectivity index (χ0n) is 14.4. The van der Waals surface area contributed by atoms with E-state index < -0.39 is 23.5 Å². The maximum atomic E-state index is 12.1. The van der Waals surface area contributed by atoms with Crippen molar-refractivity contribution in [1.82, 2.24) is 0 Å². The van der Waals surface area contributed by atoms with E-state index in [1.54, 1.807) is 14.0 Å². The van der Waals surface area contributed by atoms with Gasteiger partial charge in [-0.3, -0.25) is 0 Å². The summed E-state index contributed by atoms with van der Waals surface area (Å²) >= 11 is 0. The van der Waals surface area contributed by atoms with Crippen LogP contribution in [0.15, 0.2) is 12.7 Å². The summed E-state index contributed by atoms with van der Waals surface area (Å²) in [6, 6.07) is 0. The third-order valence-electron chi connectivity index (χ3n) is 5.17. The summed E-state index contributed by atoms with van der Waals surface area (Å²) in [7, 11) is 2.84. The lowest BCUT2D eigenvalue weighted by atomic mass is 9.72. The van der Waals surface area contributed by atoms with Gasteiger partial charge in [0.25, 0.3) is 0 Å². The largest absolute Gasteiger partial charge is 0.467 e. The van der Waals surface area contributed by atoms with E-state index in [9.17, 15) is 9.90 Å². The Labute approximate surface area is 137 Å². The quantitative estimate of drug-likeness (QED) is 0.613. The molecule has 2 fully saturated rings. The van der Waals surface area contributed by atoms with Crippen molar-refractivity contribution < 1.29 is 28.8 Å². The highest BCUT2D eigenvalue weighted by Gasteiger charge is 2.56. The van der Waals surface area contributed by atoms with Crippen molar-refractivity contribution in [2.24, 2.45) is 5.92 Å². The van der Waals surface area contributed by atoms with Crippen LogP contribution < -0.4 is 0 Å². The van der Waals surface area contributed by atoms with Crippen molar-refractivity contribution in [3.8, 4) is 0 Å². The number of hydrogen-bond acceptors (Lipinski definition) is 6. The minimum Gasteiger partial charge on any atom is -0.467 e. The van der Waals surface area contributed by atoms with E-state index in [1.807, 2.05) is 13.0 Å². The Kier molecular flexibility index (Phi) is 5.51. The first-order valence-corrected chi connectivity index (χ1v) is 8.09. The van der Waals surface area contributed by atoms with Crippen molar-refractivity contribution in [3.05, 3.63) is 12.7 Å². The molecule has 6 nitrogen and oxygen atoms in total. The van der Waals surface area contributed by atoms with Gasteiger partial charge in [0.05, 0.1) is 19.3 Å². The Balaban J connectivity index is 2.26. The lowest BCUT2D eigenvalue weighted by Crippen LogP contribution is -2.64. The maximum Gasteiger partial charge on any atom is 0.337 e. The number of carbonyl (C=O) groups is 1. The van der Waals surface area contributed by atoms with E-state index in [0.29, 0.717) is 6.42 Å². The van der Waals surface area contributed by atoms with Crippen LogP contribution >= 0.6 is 0 Å². The molecular formula is C17H28O6. The summed E-state index contributed by atoms with van der Waals surface area (Å²) in [5, 5.41) is 10.8. The molecule has 132 valence electrons. The van der Waals surface area contributed by atoms with Crippen LogP contribution in [0.5, 0.6) is 0 Å². The van der Waals surface area contributed by atoms with Crippen molar-refractivity contribution in [2.45, 2.75) is 69.2 Å². The molecule has 0 radical (unpaired) electrons. The van der Waals surface area contributed by atoms with E-state index in [-0.39, 0.29) is 24.5 Å². The molecule has 0 aromatic carbocycles. The molecule has 1 saturated heterocycles. The zero-order chi connectivity index (χ0) is 17.3. The Bertz CT molecular complexity index is 452. The number of allylic oxidation sites excluding steroid dienone is 1. The fraction of sp³-hybridized carbons (Fsp3) is 0.824. The molecule has 0 bridgehead atoms. The Morgan fingerprint density at radius 3 is 2.70 bits per heavy atom. The SMILES string of the molecule is C=CCC[C@H]1C[C@@](O)(C(=O)OC)C[C@H]2O[C@](C)(OC)[C@H](C)O[C@H]12. The minimum absolute atomic E-state index is 0.0142. The van der Waals surface area contributed by atoms with E-state index >= 15 is 0 Å². The molecule has 0 aromatic rings. The van der Waals surface area contributed by atoms with Crippen LogP contribution in [-0.4, -0.2) is 55.0 Å². The molecule has 2 aliphatic rings. The summed E-state index contributed by atoms with van der Waals surface area (Å²) in [6.45, 7) is 7.45. The van der Waals surface area contributed by atoms with Gasteiger partial charge in [0, 0.05) is 13.5 Å². The van der Waals surface area contributed by atoms with E-state index in [0.717, 1.165) is 12.8 Å². The van der Waals surface area contributed by atoms with Gasteiger partial charge in [-0.05, 0) is 39.0 Å². The van der Waals surface area contributed by atoms with Crippen molar-refractivity contribution in [2.75, 3.05) is 14.2 Å². The molecule has 1 saturated carbocycles. The molecule has 23 heavy (non-hydrogen) atoms. The summed E-state index contributed by atoms with van der Waals surface area (Å²) in [5.41, 5.74) is -1.56. The summed E-state index contributed by atoms with van der Waals surface area (Å²) in [5.74, 6) is -1.54. The monoisotopic (exact) mass is 328 g/mol. The molecule has 1 heterocycles. The number of esters is 1. The number of fused-ring (bicyclic) bond motifs is 1. The van der Waals surface area contributed by atoms with Crippen molar-refractivity contribution in [1.29, 1.82) is 0 Å². The fourth-order valence-electron chi connectivity index (χ4n) is 3.62. The molecule has 0 amide bonds. The normalized spacial score (nSPS) is 43.5. The highest BCUT2D eigenvalue weighted by atomic mass is 16.7. The second kappa shape index (κ2) is 6.89. The van der Waals surface area contributed by atoms with Gasteiger partial charge in [0.2, 0.25) is 0 Å². The highest BCUT2D eigenvalue weighted by molar-refractivity contribution is 5.79. The van der Waals surface area contributed by atoms with Gasteiger partial charge in [-0.15, -0.1) is 6.58 Å². The van der Waals surface area contributed by atoms with E-state index in [1.165, 1.54) is 7.11 Å². The molecule has 1 aliphatic carbocycles. The second-order valence-corrected chi connectivity index (χ2v) is 6.68. The van der Waals surface area contributed by atoms with Gasteiger partial charge in [-0.25, -0.2) is 4.79 Å². The van der Waals surface area contributed by atoms with Gasteiger partial charge in [-0.1, -0.05) is 6.08 Å². The van der Waals surface area contributed by atoms with Crippen LogP contribution in [0.2, 0.25) is 0 Å². The third kappa shape index (κ3) is 3.45. The van der Waals surface area contributed by atoms with Gasteiger partial charge >= 0.3 is 5.97 Å². The summed E-state index contributed by atoms with van der Waals surface area (Å²) in [4.78, 5) is 12.1. The van der Waals surface area contributed by atoms with Crippen LogP contribution in [0.25, 0.3) is 0 Å². The molecule has 6 heteroatoms. The third-order valence-corrected chi connectivity index (χ3v) is 5.17. The number of methoxy groups -OCH3 is 2. The number of hydrogen-bond donors (Lipinski definition) is 1. The van der Waals surface area contributed by atoms with Crippen LogP contribution in [0.3, 0.4) is 0 Å². The first kappa shape index (κ1) is 18.4. The first-order chi connectivity index (χ1) is 10.8. The first-order valence-electron chi connectivity index (χ1n) is 8.09. The van der Waals surface area contributed by atoms with Crippen LogP contribution in [-0.2, 0) is 23.7 Å². The molecule has 1 aliphatic heterocycles. The molecular weight excluding hydrogens is 300 g/mol. The number of carbonyl (C=O) groups excluding carboxylic acids is 1. The van der Waals surface area contributed by atoms with Crippen LogP contribution in [0.1, 0.15) is 39.5 Å². The lowest BCUT2D eigenvalue weighted by Gasteiger charge is -2.53. The van der Waals surface area contributed by atoms with Crippen molar-refractivity contribution in [3.63, 3.8) is 0 Å². The highest BCUT2D eigenvalue weighted by Crippen LogP contribution is 2.44. The zero-order valence-corrected chi connectivity index (χ0v) is 14.4. The molecule has 0 unspecified atom stereocenters. The Hall–Kier alpha value is -0.950. The topological polar surface area (TPSA) is 74.2 Å². The molecule has 0 aromatic heterocycles. The smallest absolute Gasteiger partial charge is 0.337 e.